The summed E-state index contributed by atoms with van der Waals surface area (Å²) >= 11 is 4.01. The summed E-state index contributed by atoms with van der Waals surface area (Å²) in [5, 5.41) is 5.74. The van der Waals surface area contributed by atoms with Gasteiger partial charge in [0.2, 0.25) is 0 Å². The molecule has 2 nitrogen and oxygen atoms in total. The number of hydrogen-bond acceptors (Lipinski definition) is 4. The van der Waals surface area contributed by atoms with E-state index in [-0.39, 0.29) is 5.54 Å². The minimum Gasteiger partial charge on any atom is -0.311 e. The van der Waals surface area contributed by atoms with Crippen LogP contribution < -0.4 is 5.32 Å². The fraction of sp³-hybridized carbons (Fsp3) is 0.824. The Balaban J connectivity index is 2.00. The molecule has 1 aromatic heterocycles. The number of aryl methyl sites for hydroxylation is 1. The van der Waals surface area contributed by atoms with Crippen LogP contribution in [0.5, 0.6) is 0 Å². The lowest BCUT2D eigenvalue weighted by molar-refractivity contribution is 0.388. The van der Waals surface area contributed by atoms with Gasteiger partial charge in [-0.2, -0.15) is 11.8 Å². The van der Waals surface area contributed by atoms with E-state index in [4.69, 9.17) is 4.98 Å². The molecule has 4 heteroatoms. The van der Waals surface area contributed by atoms with Gasteiger partial charge < -0.3 is 5.32 Å². The fourth-order valence-corrected chi connectivity index (χ4v) is 4.74. The highest BCUT2D eigenvalue weighted by Gasteiger charge is 2.25. The third kappa shape index (κ3) is 5.26. The number of thiazole rings is 1. The van der Waals surface area contributed by atoms with E-state index in [2.05, 4.69) is 39.9 Å². The molecular formula is C17H30N2S2. The molecule has 0 saturated carbocycles. The van der Waals surface area contributed by atoms with Crippen molar-refractivity contribution in [2.45, 2.75) is 82.8 Å². The van der Waals surface area contributed by atoms with Crippen molar-refractivity contribution in [2.75, 3.05) is 6.54 Å². The van der Waals surface area contributed by atoms with E-state index >= 15 is 0 Å². The smallest absolute Gasteiger partial charge is 0.103 e. The standard InChI is InChI=1S/C17H30N2S2/c1-6-12(2)20-11-15-19-16-13(10-18-17(3,4)5)8-7-9-14(16)21-15/h12-13,18H,6-11H2,1-5H3. The number of thioether (sulfide) groups is 1. The van der Waals surface area contributed by atoms with Crippen LogP contribution in [0.3, 0.4) is 0 Å². The molecule has 1 aliphatic rings. The molecule has 21 heavy (non-hydrogen) atoms. The molecule has 1 aromatic rings. The molecule has 0 aliphatic heterocycles. The molecule has 0 saturated heterocycles. The van der Waals surface area contributed by atoms with Crippen LogP contribution in [0.15, 0.2) is 0 Å². The fourth-order valence-electron chi connectivity index (χ4n) is 2.58. The molecule has 0 radical (unpaired) electrons. The van der Waals surface area contributed by atoms with Gasteiger partial charge in [0, 0.05) is 33.9 Å². The largest absolute Gasteiger partial charge is 0.311 e. The number of hydrogen-bond donors (Lipinski definition) is 1. The lowest BCUT2D eigenvalue weighted by atomic mass is 9.90. The summed E-state index contributed by atoms with van der Waals surface area (Å²) in [6.45, 7) is 12.4. The van der Waals surface area contributed by atoms with Crippen LogP contribution in [0.2, 0.25) is 0 Å². The van der Waals surface area contributed by atoms with E-state index in [1.807, 2.05) is 23.1 Å². The van der Waals surface area contributed by atoms with Gasteiger partial charge >= 0.3 is 0 Å². The van der Waals surface area contributed by atoms with Gasteiger partial charge in [-0.3, -0.25) is 0 Å². The number of fused-ring (bicyclic) bond motifs is 1. The van der Waals surface area contributed by atoms with E-state index in [0.29, 0.717) is 5.92 Å². The molecular weight excluding hydrogens is 296 g/mol. The van der Waals surface area contributed by atoms with Crippen molar-refractivity contribution >= 4 is 23.1 Å². The Hall–Kier alpha value is -0.0600. The lowest BCUT2D eigenvalue weighted by Gasteiger charge is -2.27. The Kier molecular flexibility index (Phi) is 6.15. The summed E-state index contributed by atoms with van der Waals surface area (Å²) in [6.07, 6.45) is 5.10. The molecule has 2 atom stereocenters. The molecule has 0 aromatic carbocycles. The highest BCUT2D eigenvalue weighted by molar-refractivity contribution is 7.99. The Labute approximate surface area is 138 Å². The minimum atomic E-state index is 0.197. The average molecular weight is 327 g/mol. The first kappa shape index (κ1) is 17.3. The molecule has 120 valence electrons. The Morgan fingerprint density at radius 1 is 1.43 bits per heavy atom. The molecule has 2 rings (SSSR count). The van der Waals surface area contributed by atoms with Gasteiger partial charge in [0.05, 0.1) is 5.69 Å². The molecule has 0 bridgehead atoms. The Bertz CT molecular complexity index is 448. The highest BCUT2D eigenvalue weighted by Crippen LogP contribution is 2.36. The molecule has 0 spiro atoms. The molecule has 0 fully saturated rings. The molecule has 0 amide bonds. The molecule has 1 N–H and O–H groups in total. The number of nitrogens with one attached hydrogen (secondary N) is 1. The van der Waals surface area contributed by atoms with Crippen LogP contribution in [0.25, 0.3) is 0 Å². The first-order chi connectivity index (χ1) is 9.89. The topological polar surface area (TPSA) is 24.9 Å². The summed E-state index contributed by atoms with van der Waals surface area (Å²) in [4.78, 5) is 6.55. The van der Waals surface area contributed by atoms with Gasteiger partial charge in [0.15, 0.2) is 0 Å². The Morgan fingerprint density at radius 3 is 2.86 bits per heavy atom. The molecule has 1 heterocycles. The maximum absolute atomic E-state index is 5.00. The maximum Gasteiger partial charge on any atom is 0.103 e. The normalized spacial score (nSPS) is 20.3. The molecule has 1 aliphatic carbocycles. The van der Waals surface area contributed by atoms with E-state index in [9.17, 15) is 0 Å². The van der Waals surface area contributed by atoms with Crippen LogP contribution in [-0.2, 0) is 12.2 Å². The third-order valence-corrected chi connectivity index (χ3v) is 6.72. The zero-order chi connectivity index (χ0) is 15.5. The summed E-state index contributed by atoms with van der Waals surface area (Å²) < 4.78 is 0. The summed E-state index contributed by atoms with van der Waals surface area (Å²) in [6, 6.07) is 0. The second-order valence-electron chi connectivity index (χ2n) is 7.17. The summed E-state index contributed by atoms with van der Waals surface area (Å²) in [7, 11) is 0. The predicted molar refractivity (Wildman–Crippen MR) is 96.6 cm³/mol. The van der Waals surface area contributed by atoms with Crippen molar-refractivity contribution in [3.8, 4) is 0 Å². The van der Waals surface area contributed by atoms with Crippen molar-refractivity contribution in [3.63, 3.8) is 0 Å². The van der Waals surface area contributed by atoms with Crippen molar-refractivity contribution in [1.82, 2.24) is 10.3 Å². The van der Waals surface area contributed by atoms with Crippen LogP contribution in [-0.4, -0.2) is 22.3 Å². The van der Waals surface area contributed by atoms with Crippen molar-refractivity contribution in [1.29, 1.82) is 0 Å². The number of aromatic nitrogens is 1. The first-order valence-electron chi connectivity index (χ1n) is 8.24. The molecule has 2 unspecified atom stereocenters. The van der Waals surface area contributed by atoms with Gasteiger partial charge in [-0.25, -0.2) is 4.98 Å². The van der Waals surface area contributed by atoms with Gasteiger partial charge in [-0.15, -0.1) is 11.3 Å². The maximum atomic E-state index is 5.00. The SMILES string of the molecule is CCC(C)SCc1nc2c(s1)CCCC2CNC(C)(C)C. The first-order valence-corrected chi connectivity index (χ1v) is 10.1. The minimum absolute atomic E-state index is 0.197. The monoisotopic (exact) mass is 326 g/mol. The number of rotatable bonds is 6. The van der Waals surface area contributed by atoms with Crippen molar-refractivity contribution in [2.24, 2.45) is 0 Å². The van der Waals surface area contributed by atoms with Crippen LogP contribution in [0.4, 0.5) is 0 Å². The zero-order valence-electron chi connectivity index (χ0n) is 14.2. The zero-order valence-corrected chi connectivity index (χ0v) is 15.8. The van der Waals surface area contributed by atoms with Gasteiger partial charge in [-0.1, -0.05) is 13.8 Å². The Morgan fingerprint density at radius 2 is 2.19 bits per heavy atom. The third-order valence-electron chi connectivity index (χ3n) is 4.06. The second-order valence-corrected chi connectivity index (χ2v) is 9.76. The van der Waals surface area contributed by atoms with E-state index in [1.165, 1.54) is 36.4 Å². The van der Waals surface area contributed by atoms with Crippen LogP contribution >= 0.6 is 23.1 Å². The van der Waals surface area contributed by atoms with Crippen LogP contribution in [0, 0.1) is 0 Å². The lowest BCUT2D eigenvalue weighted by Crippen LogP contribution is -2.39. The van der Waals surface area contributed by atoms with Crippen molar-refractivity contribution < 1.29 is 0 Å². The van der Waals surface area contributed by atoms with E-state index in [1.54, 1.807) is 4.88 Å². The van der Waals surface area contributed by atoms with Gasteiger partial charge in [0.25, 0.3) is 0 Å². The van der Waals surface area contributed by atoms with Gasteiger partial charge in [0.1, 0.15) is 5.01 Å². The summed E-state index contributed by atoms with van der Waals surface area (Å²) in [5.41, 5.74) is 1.60. The number of nitrogens with zero attached hydrogens (tertiary/aromatic N) is 1. The quantitative estimate of drug-likeness (QED) is 0.798. The predicted octanol–water partition coefficient (Wildman–Crippen LogP) is 4.98. The highest BCUT2D eigenvalue weighted by atomic mass is 32.2. The van der Waals surface area contributed by atoms with Crippen molar-refractivity contribution in [3.05, 3.63) is 15.6 Å². The van der Waals surface area contributed by atoms with Crippen LogP contribution in [0.1, 0.15) is 75.4 Å². The van der Waals surface area contributed by atoms with Gasteiger partial charge in [-0.05, 0) is 46.5 Å². The second kappa shape index (κ2) is 7.47. The van der Waals surface area contributed by atoms with E-state index in [0.717, 1.165) is 17.5 Å². The average Bonchev–Trinajstić information content (AvgIpc) is 2.85. The van der Waals surface area contributed by atoms with E-state index < -0.39 is 0 Å². The summed E-state index contributed by atoms with van der Waals surface area (Å²) in [5.74, 6) is 1.71.